The normalized spacial score (nSPS) is 40.6. The molecule has 0 aliphatic carbocycles. The molecule has 4 N–H and O–H groups in total. The standard InChI is InChI=1S/C9H11IN2O6/c10-12(7(16)2-6(15)11-9(12)17)8-1-4(14)5(3-13)18-8/h2,4-5,8,13-14H,1,3H2,(H-,11,15,16,17)/p+1/t4-,5+,8+,12?/m0/s1. The number of amides is 3. The molecule has 0 aromatic carbocycles. The van der Waals surface area contributed by atoms with E-state index >= 15 is 0 Å². The van der Waals surface area contributed by atoms with E-state index in [9.17, 15) is 19.8 Å². The molecule has 2 aliphatic heterocycles. The molecule has 0 aromatic heterocycles. The quantitative estimate of drug-likeness (QED) is 0.376. The topological polar surface area (TPSA) is 116 Å². The zero-order valence-corrected chi connectivity index (χ0v) is 11.3. The first kappa shape index (κ1) is 13.7. The predicted molar refractivity (Wildman–Crippen MR) is 64.9 cm³/mol. The van der Waals surface area contributed by atoms with Gasteiger partial charge in [-0.2, -0.15) is 0 Å². The molecule has 2 rings (SSSR count). The van der Waals surface area contributed by atoms with E-state index in [2.05, 4.69) is 5.32 Å². The largest absolute Gasteiger partial charge is 0.466 e. The average Bonchev–Trinajstić information content (AvgIpc) is 2.67. The number of nitrogens with zero attached hydrogens (tertiary/aromatic N) is 1. The van der Waals surface area contributed by atoms with E-state index < -0.39 is 39.0 Å². The number of halogens is 1. The summed E-state index contributed by atoms with van der Waals surface area (Å²) in [5.74, 6) is -1.18. The molecule has 2 heterocycles. The average molecular weight is 371 g/mol. The van der Waals surface area contributed by atoms with Gasteiger partial charge in [-0.1, -0.05) is 2.70 Å². The summed E-state index contributed by atoms with van der Waals surface area (Å²) in [6, 6.07) is -0.753. The van der Waals surface area contributed by atoms with Gasteiger partial charge in [-0.3, -0.25) is 4.79 Å². The second-order valence-corrected chi connectivity index (χ2v) is 5.57. The number of carbonyl (C=O) groups is 2. The van der Waals surface area contributed by atoms with E-state index in [0.29, 0.717) is 0 Å². The number of carbonyl (C=O) groups excluding carboxylic acids is 2. The van der Waals surface area contributed by atoms with Gasteiger partial charge >= 0.3 is 11.9 Å². The molecule has 4 atom stereocenters. The number of imide groups is 1. The van der Waals surface area contributed by atoms with Gasteiger partial charge in [0.1, 0.15) is 12.2 Å². The fraction of sp³-hybridized carbons (Fsp3) is 0.556. The Balaban J connectivity index is 2.29. The summed E-state index contributed by atoms with van der Waals surface area (Å²) in [6.07, 6.45) is -1.66. The number of aliphatic hydroxyl groups is 3. The summed E-state index contributed by atoms with van der Waals surface area (Å²) in [5.41, 5.74) is 0. The summed E-state index contributed by atoms with van der Waals surface area (Å²) < 4.78 is 4.62. The maximum atomic E-state index is 11.8. The van der Waals surface area contributed by atoms with E-state index in [0.717, 1.165) is 6.08 Å². The van der Waals surface area contributed by atoms with E-state index in [1.165, 1.54) is 0 Å². The summed E-state index contributed by atoms with van der Waals surface area (Å²) >= 11 is 1.63. The third-order valence-corrected chi connectivity index (χ3v) is 4.45. The van der Waals surface area contributed by atoms with Crippen molar-refractivity contribution in [1.29, 1.82) is 0 Å². The number of aliphatic hydroxyl groups excluding tert-OH is 3. The SMILES string of the molecule is O=C1C=C(O)[N+](I)([C@H]2C[C@H](O)[C@@H](CO)O2)C(=O)N1. The molecule has 1 saturated heterocycles. The molecule has 0 spiro atoms. The van der Waals surface area contributed by atoms with E-state index in [-0.39, 0.29) is 13.0 Å². The number of rotatable bonds is 2. The van der Waals surface area contributed by atoms with Crippen LogP contribution in [0.25, 0.3) is 0 Å². The van der Waals surface area contributed by atoms with Crippen molar-refractivity contribution in [3.63, 3.8) is 0 Å². The lowest BCUT2D eigenvalue weighted by Gasteiger charge is -2.32. The summed E-state index contributed by atoms with van der Waals surface area (Å²) in [5, 5.41) is 30.5. The third-order valence-electron chi connectivity index (χ3n) is 2.90. The van der Waals surface area contributed by atoms with Crippen molar-refractivity contribution >= 4 is 34.8 Å². The molecule has 1 fully saturated rings. The van der Waals surface area contributed by atoms with Crippen LogP contribution in [0.1, 0.15) is 6.42 Å². The monoisotopic (exact) mass is 371 g/mol. The number of hydrogen-bond donors (Lipinski definition) is 4. The molecule has 0 bridgehead atoms. The highest BCUT2D eigenvalue weighted by molar-refractivity contribution is 14.1. The van der Waals surface area contributed by atoms with Crippen molar-refractivity contribution in [2.24, 2.45) is 0 Å². The molecule has 0 saturated carbocycles. The van der Waals surface area contributed by atoms with Gasteiger partial charge in [-0.25, -0.2) is 10.1 Å². The first-order valence-electron chi connectivity index (χ1n) is 5.19. The molecule has 8 nitrogen and oxygen atoms in total. The van der Waals surface area contributed by atoms with Crippen LogP contribution in [0.3, 0.4) is 0 Å². The van der Waals surface area contributed by atoms with E-state index in [1.54, 1.807) is 22.9 Å². The van der Waals surface area contributed by atoms with Crippen molar-refractivity contribution in [2.45, 2.75) is 24.9 Å². The van der Waals surface area contributed by atoms with Gasteiger partial charge in [0.05, 0.1) is 19.1 Å². The number of quaternary nitrogens is 1. The van der Waals surface area contributed by atoms with Gasteiger partial charge < -0.3 is 20.1 Å². The molecule has 0 aromatic rings. The Hall–Kier alpha value is -0.750. The Kier molecular flexibility index (Phi) is 3.60. The maximum Gasteiger partial charge on any atom is 0.441 e. The van der Waals surface area contributed by atoms with Crippen molar-refractivity contribution in [1.82, 2.24) is 5.32 Å². The maximum absolute atomic E-state index is 11.8. The van der Waals surface area contributed by atoms with Crippen LogP contribution in [-0.2, 0) is 9.53 Å². The van der Waals surface area contributed by atoms with Crippen LogP contribution in [0.2, 0.25) is 0 Å². The minimum Gasteiger partial charge on any atom is -0.466 e. The molecule has 2 aliphatic rings. The van der Waals surface area contributed by atoms with Crippen molar-refractivity contribution in [3.05, 3.63) is 12.0 Å². The van der Waals surface area contributed by atoms with E-state index in [1.807, 2.05) is 0 Å². The predicted octanol–water partition coefficient (Wildman–Crippen LogP) is -0.729. The minimum atomic E-state index is -0.928. The fourth-order valence-corrected chi connectivity index (χ4v) is 2.54. The van der Waals surface area contributed by atoms with E-state index in [4.69, 9.17) is 9.84 Å². The molecule has 3 amide bonds. The van der Waals surface area contributed by atoms with Gasteiger partial charge in [-0.15, -0.1) is 0 Å². The first-order chi connectivity index (χ1) is 8.39. The number of urea groups is 1. The van der Waals surface area contributed by atoms with Gasteiger partial charge in [0.15, 0.2) is 0 Å². The smallest absolute Gasteiger partial charge is 0.441 e. The Morgan fingerprint density at radius 2 is 2.22 bits per heavy atom. The highest BCUT2D eigenvalue weighted by atomic mass is 127. The number of nitrogens with one attached hydrogen (secondary N) is 1. The van der Waals surface area contributed by atoms with Crippen molar-refractivity contribution < 1.29 is 32.3 Å². The molecule has 9 heteroatoms. The summed E-state index contributed by atoms with van der Waals surface area (Å²) in [7, 11) is 0. The van der Waals surface area contributed by atoms with Gasteiger partial charge in [0.25, 0.3) is 28.8 Å². The molecular formula is C9H12IN2O6+. The fourth-order valence-electron chi connectivity index (χ4n) is 1.92. The van der Waals surface area contributed by atoms with Crippen LogP contribution in [0.4, 0.5) is 4.79 Å². The zero-order chi connectivity index (χ0) is 13.5. The van der Waals surface area contributed by atoms with Crippen LogP contribution < -0.4 is 5.32 Å². The highest BCUT2D eigenvalue weighted by Crippen LogP contribution is 2.37. The third kappa shape index (κ3) is 2.01. The Morgan fingerprint density at radius 3 is 2.72 bits per heavy atom. The molecule has 1 unspecified atom stereocenters. The first-order valence-corrected chi connectivity index (χ1v) is 6.15. The highest BCUT2D eigenvalue weighted by Gasteiger charge is 2.56. The van der Waals surface area contributed by atoms with Crippen LogP contribution in [0.15, 0.2) is 12.0 Å². The minimum absolute atomic E-state index is 0.0632. The molecular weight excluding hydrogens is 359 g/mol. The van der Waals surface area contributed by atoms with Crippen LogP contribution in [-0.4, -0.2) is 55.0 Å². The summed E-state index contributed by atoms with van der Waals surface area (Å²) in [4.78, 5) is 22.9. The van der Waals surface area contributed by atoms with Gasteiger partial charge in [-0.05, 0) is 0 Å². The van der Waals surface area contributed by atoms with Crippen LogP contribution >= 0.6 is 22.9 Å². The van der Waals surface area contributed by atoms with Crippen molar-refractivity contribution in [3.8, 4) is 0 Å². The Bertz CT molecular complexity index is 427. The summed E-state index contributed by atoms with van der Waals surface area (Å²) in [6.45, 7) is -0.390. The number of hydrogen-bond acceptors (Lipinski definition) is 6. The lowest BCUT2D eigenvalue weighted by Crippen LogP contribution is -2.59. The molecule has 0 radical (unpaired) electrons. The molecule has 18 heavy (non-hydrogen) atoms. The van der Waals surface area contributed by atoms with Crippen molar-refractivity contribution in [2.75, 3.05) is 6.61 Å². The van der Waals surface area contributed by atoms with Gasteiger partial charge in [0.2, 0.25) is 6.23 Å². The second-order valence-electron chi connectivity index (χ2n) is 4.05. The zero-order valence-electron chi connectivity index (χ0n) is 9.12. The number of ether oxygens (including phenoxy) is 1. The van der Waals surface area contributed by atoms with Crippen LogP contribution in [0, 0.1) is 0 Å². The Morgan fingerprint density at radius 1 is 1.56 bits per heavy atom. The van der Waals surface area contributed by atoms with Crippen LogP contribution in [0.5, 0.6) is 0 Å². The van der Waals surface area contributed by atoms with Gasteiger partial charge in [0, 0.05) is 0 Å². The Labute approximate surface area is 116 Å². The second kappa shape index (κ2) is 4.74. The lowest BCUT2D eigenvalue weighted by molar-refractivity contribution is -0.711. The lowest BCUT2D eigenvalue weighted by atomic mass is 10.2. The molecule has 100 valence electrons.